The zero-order valence-electron chi connectivity index (χ0n) is 9.90. The Morgan fingerprint density at radius 1 is 1.29 bits per heavy atom. The highest BCUT2D eigenvalue weighted by molar-refractivity contribution is 6.23. The fourth-order valence-electron chi connectivity index (χ4n) is 1.24. The maximum absolute atomic E-state index is 12.3. The molecular formula is C13H14BF2N. The summed E-state index contributed by atoms with van der Waals surface area (Å²) in [6.45, 7) is 1.84. The molecule has 0 amide bonds. The van der Waals surface area contributed by atoms with Gasteiger partial charge in [0.25, 0.3) is 6.43 Å². The van der Waals surface area contributed by atoms with E-state index in [1.54, 1.807) is 30.5 Å². The normalized spacial score (nSPS) is 12.4. The van der Waals surface area contributed by atoms with Crippen molar-refractivity contribution in [2.24, 2.45) is 0 Å². The summed E-state index contributed by atoms with van der Waals surface area (Å²) in [6.07, 6.45) is 2.89. The summed E-state index contributed by atoms with van der Waals surface area (Å²) < 4.78 is 24.7. The third-order valence-corrected chi connectivity index (χ3v) is 2.38. The monoisotopic (exact) mass is 233 g/mol. The molecule has 2 radical (unpaired) electrons. The number of rotatable bonds is 4. The minimum Gasteiger partial charge on any atom is -0.351 e. The lowest BCUT2D eigenvalue weighted by Gasteiger charge is -2.14. The summed E-state index contributed by atoms with van der Waals surface area (Å²) in [4.78, 5) is 1.81. The number of anilines is 1. The first-order valence-electron chi connectivity index (χ1n) is 5.25. The van der Waals surface area contributed by atoms with Gasteiger partial charge in [0.15, 0.2) is 0 Å². The second kappa shape index (κ2) is 6.23. The van der Waals surface area contributed by atoms with Crippen LogP contribution in [0.1, 0.15) is 18.9 Å². The van der Waals surface area contributed by atoms with E-state index >= 15 is 0 Å². The summed E-state index contributed by atoms with van der Waals surface area (Å²) in [5.41, 5.74) is 1.51. The van der Waals surface area contributed by atoms with Crippen LogP contribution >= 0.6 is 0 Å². The zero-order valence-corrected chi connectivity index (χ0v) is 9.90. The van der Waals surface area contributed by atoms with Crippen molar-refractivity contribution in [3.63, 3.8) is 0 Å². The predicted octanol–water partition coefficient (Wildman–Crippen LogP) is 3.65. The van der Waals surface area contributed by atoms with E-state index in [4.69, 9.17) is 7.85 Å². The molecule has 17 heavy (non-hydrogen) atoms. The standard InChI is InChI=1S/C13H14BF2N/c1-3-11(14)8-9-17(2)12-6-4-10(5-7-12)13(15)16/h3-9,13H,1-2H3/b9-8-,11-3+. The van der Waals surface area contributed by atoms with Gasteiger partial charge in [-0.15, -0.1) is 0 Å². The lowest BCUT2D eigenvalue weighted by atomic mass is 9.96. The Morgan fingerprint density at radius 3 is 2.35 bits per heavy atom. The quantitative estimate of drug-likeness (QED) is 0.566. The Hall–Kier alpha value is -1.58. The molecule has 0 fully saturated rings. The Morgan fingerprint density at radius 2 is 1.88 bits per heavy atom. The van der Waals surface area contributed by atoms with Crippen LogP contribution in [0.4, 0.5) is 14.5 Å². The Labute approximate surface area is 102 Å². The first kappa shape index (κ1) is 13.5. The average Bonchev–Trinajstić information content (AvgIpc) is 2.35. The minimum atomic E-state index is -2.43. The first-order valence-corrected chi connectivity index (χ1v) is 5.25. The number of nitrogens with zero attached hydrogens (tertiary/aromatic N) is 1. The van der Waals surface area contributed by atoms with Gasteiger partial charge in [0.05, 0.1) is 0 Å². The second-order valence-electron chi connectivity index (χ2n) is 3.61. The van der Waals surface area contributed by atoms with Crippen LogP contribution in [0.25, 0.3) is 0 Å². The molecule has 0 aliphatic heterocycles. The molecule has 0 aliphatic rings. The number of hydrogen-bond donors (Lipinski definition) is 0. The largest absolute Gasteiger partial charge is 0.351 e. The molecule has 0 saturated heterocycles. The van der Waals surface area contributed by atoms with Gasteiger partial charge in [-0.1, -0.05) is 29.8 Å². The molecule has 4 heteroatoms. The molecule has 0 aliphatic carbocycles. The van der Waals surface area contributed by atoms with Crippen molar-refractivity contribution in [1.29, 1.82) is 0 Å². The fraction of sp³-hybridized carbons (Fsp3) is 0.231. The van der Waals surface area contributed by atoms with E-state index in [0.717, 1.165) is 5.69 Å². The van der Waals surface area contributed by atoms with Gasteiger partial charge in [0.2, 0.25) is 0 Å². The Bertz CT molecular complexity index is 410. The van der Waals surface area contributed by atoms with E-state index in [9.17, 15) is 8.78 Å². The zero-order chi connectivity index (χ0) is 12.8. The van der Waals surface area contributed by atoms with Crippen LogP contribution in [-0.4, -0.2) is 14.9 Å². The summed E-state index contributed by atoms with van der Waals surface area (Å²) in [7, 11) is 7.44. The summed E-state index contributed by atoms with van der Waals surface area (Å²) in [6, 6.07) is 6.14. The molecule has 0 saturated carbocycles. The van der Waals surface area contributed by atoms with Gasteiger partial charge in [-0.05, 0) is 19.1 Å². The summed E-state index contributed by atoms with van der Waals surface area (Å²) >= 11 is 0. The topological polar surface area (TPSA) is 3.24 Å². The summed E-state index contributed by atoms with van der Waals surface area (Å²) in [5, 5.41) is 0. The van der Waals surface area contributed by atoms with Crippen LogP contribution in [0.2, 0.25) is 0 Å². The van der Waals surface area contributed by atoms with E-state index < -0.39 is 6.43 Å². The maximum atomic E-state index is 12.3. The van der Waals surface area contributed by atoms with E-state index in [1.165, 1.54) is 12.1 Å². The van der Waals surface area contributed by atoms with Crippen LogP contribution in [0.5, 0.6) is 0 Å². The molecular weight excluding hydrogens is 219 g/mol. The fourth-order valence-corrected chi connectivity index (χ4v) is 1.24. The second-order valence-corrected chi connectivity index (χ2v) is 3.61. The highest BCUT2D eigenvalue weighted by Crippen LogP contribution is 2.22. The van der Waals surface area contributed by atoms with Crippen molar-refractivity contribution >= 4 is 13.5 Å². The van der Waals surface area contributed by atoms with E-state index in [0.29, 0.717) is 5.47 Å². The molecule has 1 rings (SSSR count). The molecule has 1 aromatic carbocycles. The van der Waals surface area contributed by atoms with Crippen molar-refractivity contribution in [1.82, 2.24) is 0 Å². The lowest BCUT2D eigenvalue weighted by molar-refractivity contribution is 0.151. The van der Waals surface area contributed by atoms with Crippen molar-refractivity contribution in [2.45, 2.75) is 13.3 Å². The van der Waals surface area contributed by atoms with E-state index in [2.05, 4.69) is 0 Å². The third-order valence-electron chi connectivity index (χ3n) is 2.38. The number of allylic oxidation sites excluding steroid dienone is 3. The van der Waals surface area contributed by atoms with Gasteiger partial charge in [0, 0.05) is 24.5 Å². The number of benzene rings is 1. The number of halogens is 2. The van der Waals surface area contributed by atoms with Gasteiger partial charge in [-0.3, -0.25) is 0 Å². The van der Waals surface area contributed by atoms with Crippen LogP contribution in [0.15, 0.2) is 48.1 Å². The molecule has 0 heterocycles. The lowest BCUT2D eigenvalue weighted by Crippen LogP contribution is -2.07. The van der Waals surface area contributed by atoms with Gasteiger partial charge >= 0.3 is 0 Å². The van der Waals surface area contributed by atoms with Crippen LogP contribution < -0.4 is 4.90 Å². The summed E-state index contributed by atoms with van der Waals surface area (Å²) in [5.74, 6) is 0. The minimum absolute atomic E-state index is 0.0269. The van der Waals surface area contributed by atoms with Crippen molar-refractivity contribution in [3.8, 4) is 0 Å². The van der Waals surface area contributed by atoms with Crippen LogP contribution in [0, 0.1) is 0 Å². The molecule has 0 N–H and O–H groups in total. The van der Waals surface area contributed by atoms with Gasteiger partial charge < -0.3 is 4.90 Å². The third kappa shape index (κ3) is 4.06. The van der Waals surface area contributed by atoms with E-state index in [-0.39, 0.29) is 5.56 Å². The number of alkyl halides is 2. The number of hydrogen-bond acceptors (Lipinski definition) is 1. The van der Waals surface area contributed by atoms with Crippen LogP contribution in [-0.2, 0) is 0 Å². The molecule has 88 valence electrons. The molecule has 0 unspecified atom stereocenters. The van der Waals surface area contributed by atoms with Crippen molar-refractivity contribution in [2.75, 3.05) is 11.9 Å². The molecule has 0 aromatic heterocycles. The smallest absolute Gasteiger partial charge is 0.263 e. The highest BCUT2D eigenvalue weighted by atomic mass is 19.3. The van der Waals surface area contributed by atoms with Crippen molar-refractivity contribution < 1.29 is 8.78 Å². The Balaban J connectivity index is 2.76. The van der Waals surface area contributed by atoms with Crippen LogP contribution in [0.3, 0.4) is 0 Å². The van der Waals surface area contributed by atoms with Gasteiger partial charge in [-0.25, -0.2) is 8.78 Å². The SMILES string of the molecule is [B]C(/C=C\N(C)c1ccc(C(F)F)cc1)=C/C. The van der Waals surface area contributed by atoms with E-state index in [1.807, 2.05) is 18.9 Å². The van der Waals surface area contributed by atoms with Crippen molar-refractivity contribution in [3.05, 3.63) is 53.7 Å². The average molecular weight is 233 g/mol. The van der Waals surface area contributed by atoms with Gasteiger partial charge in [0.1, 0.15) is 7.85 Å². The maximum Gasteiger partial charge on any atom is 0.263 e. The highest BCUT2D eigenvalue weighted by Gasteiger charge is 2.06. The molecule has 0 bridgehead atoms. The molecule has 0 spiro atoms. The van der Waals surface area contributed by atoms with Gasteiger partial charge in [-0.2, -0.15) is 0 Å². The molecule has 1 nitrogen and oxygen atoms in total. The predicted molar refractivity (Wildman–Crippen MR) is 68.5 cm³/mol. The molecule has 1 aromatic rings. The Kier molecular flexibility index (Phi) is 4.95. The molecule has 0 atom stereocenters. The first-order chi connectivity index (χ1) is 8.04.